The van der Waals surface area contributed by atoms with Crippen molar-refractivity contribution in [2.75, 3.05) is 5.73 Å². The molecule has 5 heteroatoms. The Bertz CT molecular complexity index is 639. The van der Waals surface area contributed by atoms with E-state index in [0.717, 1.165) is 21.9 Å². The third-order valence-electron chi connectivity index (χ3n) is 2.58. The number of pyridine rings is 1. The summed E-state index contributed by atoms with van der Waals surface area (Å²) in [5, 5.41) is 10.3. The third kappa shape index (κ3) is 1.22. The van der Waals surface area contributed by atoms with Crippen molar-refractivity contribution in [2.45, 2.75) is 6.92 Å². The zero-order chi connectivity index (χ0) is 11.1. The molecule has 0 aliphatic rings. The molecule has 3 aromatic rings. The van der Waals surface area contributed by atoms with Gasteiger partial charge in [-0.15, -0.1) is 21.5 Å². The van der Waals surface area contributed by atoms with Crippen LogP contribution in [0.1, 0.15) is 5.56 Å². The molecule has 4 nitrogen and oxygen atoms in total. The highest BCUT2D eigenvalue weighted by Gasteiger charge is 2.11. The smallest absolute Gasteiger partial charge is 0.184 e. The average Bonchev–Trinajstić information content (AvgIpc) is 2.91. The van der Waals surface area contributed by atoms with Crippen molar-refractivity contribution in [3.63, 3.8) is 0 Å². The maximum atomic E-state index is 5.97. The van der Waals surface area contributed by atoms with E-state index in [4.69, 9.17) is 5.73 Å². The number of aryl methyl sites for hydroxylation is 1. The molecule has 0 fully saturated rings. The number of thiophene rings is 1. The number of nitrogens with zero attached hydrogens (tertiary/aromatic N) is 3. The summed E-state index contributed by atoms with van der Waals surface area (Å²) in [7, 11) is 0. The monoisotopic (exact) mass is 230 g/mol. The van der Waals surface area contributed by atoms with E-state index in [9.17, 15) is 0 Å². The first-order valence-electron chi connectivity index (χ1n) is 4.91. The van der Waals surface area contributed by atoms with Gasteiger partial charge < -0.3 is 5.73 Å². The van der Waals surface area contributed by atoms with Gasteiger partial charge in [-0.1, -0.05) is 6.07 Å². The van der Waals surface area contributed by atoms with Crippen molar-refractivity contribution >= 4 is 22.7 Å². The van der Waals surface area contributed by atoms with Crippen LogP contribution < -0.4 is 5.73 Å². The summed E-state index contributed by atoms with van der Waals surface area (Å²) in [5.74, 6) is 0.844. The molecule has 0 bridgehead atoms. The number of nitrogen functional groups attached to an aromatic ring is 1. The fourth-order valence-electron chi connectivity index (χ4n) is 1.64. The average molecular weight is 230 g/mol. The zero-order valence-electron chi connectivity index (χ0n) is 8.71. The number of aromatic nitrogens is 3. The fourth-order valence-corrected chi connectivity index (χ4v) is 2.35. The second kappa shape index (κ2) is 3.31. The number of anilines is 1. The maximum absolute atomic E-state index is 5.97. The standard InChI is InChI=1S/C11H10N4S/c1-7-4-5-15-10(8-3-2-6-16-8)13-14-11(15)9(7)12/h2-6H,12H2,1H3. The first-order chi connectivity index (χ1) is 7.77. The van der Waals surface area contributed by atoms with Gasteiger partial charge in [0, 0.05) is 6.20 Å². The summed E-state index contributed by atoms with van der Waals surface area (Å²) in [4.78, 5) is 1.09. The van der Waals surface area contributed by atoms with Gasteiger partial charge in [-0.25, -0.2) is 0 Å². The molecule has 0 aliphatic heterocycles. The quantitative estimate of drug-likeness (QED) is 0.698. The molecule has 3 rings (SSSR count). The summed E-state index contributed by atoms with van der Waals surface area (Å²) in [5.41, 5.74) is 8.41. The molecule has 3 aromatic heterocycles. The molecule has 3 heterocycles. The lowest BCUT2D eigenvalue weighted by Gasteiger charge is -2.02. The topological polar surface area (TPSA) is 56.2 Å². The highest BCUT2D eigenvalue weighted by Crippen LogP contribution is 2.25. The van der Waals surface area contributed by atoms with E-state index in [0.29, 0.717) is 5.69 Å². The molecule has 0 saturated heterocycles. The van der Waals surface area contributed by atoms with Crippen LogP contribution >= 0.6 is 11.3 Å². The minimum atomic E-state index is 0.692. The van der Waals surface area contributed by atoms with E-state index in [-0.39, 0.29) is 0 Å². The van der Waals surface area contributed by atoms with Gasteiger partial charge in [0.25, 0.3) is 0 Å². The molecule has 0 atom stereocenters. The number of hydrogen-bond acceptors (Lipinski definition) is 4. The van der Waals surface area contributed by atoms with E-state index >= 15 is 0 Å². The van der Waals surface area contributed by atoms with Crippen LogP contribution in [0.4, 0.5) is 5.69 Å². The SMILES string of the molecule is Cc1ccn2c(-c3cccs3)nnc2c1N. The van der Waals surface area contributed by atoms with E-state index in [1.165, 1.54) is 0 Å². The third-order valence-corrected chi connectivity index (χ3v) is 3.44. The Balaban J connectivity index is 2.34. The van der Waals surface area contributed by atoms with Gasteiger partial charge in [-0.05, 0) is 30.0 Å². The van der Waals surface area contributed by atoms with Crippen LogP contribution in [0.15, 0.2) is 29.8 Å². The Morgan fingerprint density at radius 2 is 2.19 bits per heavy atom. The number of nitrogens with two attached hydrogens (primary N) is 1. The number of fused-ring (bicyclic) bond motifs is 1. The molecule has 16 heavy (non-hydrogen) atoms. The predicted octanol–water partition coefficient (Wildman–Crippen LogP) is 2.35. The van der Waals surface area contributed by atoms with Crippen LogP contribution in [0.5, 0.6) is 0 Å². The molecule has 0 amide bonds. The second-order valence-corrected chi connectivity index (χ2v) is 4.55. The number of hydrogen-bond donors (Lipinski definition) is 1. The molecule has 0 aliphatic carbocycles. The molecular formula is C11H10N4S. The minimum Gasteiger partial charge on any atom is -0.395 e. The molecule has 80 valence electrons. The van der Waals surface area contributed by atoms with E-state index in [1.807, 2.05) is 41.1 Å². The second-order valence-electron chi connectivity index (χ2n) is 3.61. The Hall–Kier alpha value is -1.88. The van der Waals surface area contributed by atoms with Gasteiger partial charge >= 0.3 is 0 Å². The molecule has 0 aromatic carbocycles. The molecule has 0 unspecified atom stereocenters. The summed E-state index contributed by atoms with van der Waals surface area (Å²) in [6.45, 7) is 1.97. The molecular weight excluding hydrogens is 220 g/mol. The lowest BCUT2D eigenvalue weighted by atomic mass is 10.2. The molecule has 0 radical (unpaired) electrons. The van der Waals surface area contributed by atoms with Gasteiger partial charge in [0.1, 0.15) is 0 Å². The fraction of sp³-hybridized carbons (Fsp3) is 0.0909. The summed E-state index contributed by atoms with van der Waals surface area (Å²) < 4.78 is 1.92. The number of rotatable bonds is 1. The van der Waals surface area contributed by atoms with Crippen LogP contribution in [-0.4, -0.2) is 14.6 Å². The van der Waals surface area contributed by atoms with Crippen molar-refractivity contribution in [3.8, 4) is 10.7 Å². The zero-order valence-corrected chi connectivity index (χ0v) is 9.53. The predicted molar refractivity (Wildman–Crippen MR) is 65.4 cm³/mol. The van der Waals surface area contributed by atoms with Gasteiger partial charge in [0.05, 0.1) is 10.6 Å². The largest absolute Gasteiger partial charge is 0.395 e. The van der Waals surface area contributed by atoms with Crippen molar-refractivity contribution < 1.29 is 0 Å². The summed E-state index contributed by atoms with van der Waals surface area (Å²) >= 11 is 1.64. The highest BCUT2D eigenvalue weighted by atomic mass is 32.1. The van der Waals surface area contributed by atoms with E-state index in [1.54, 1.807) is 11.3 Å². The lowest BCUT2D eigenvalue weighted by molar-refractivity contribution is 1.12. The van der Waals surface area contributed by atoms with Gasteiger partial charge in [0.2, 0.25) is 0 Å². The lowest BCUT2D eigenvalue weighted by Crippen LogP contribution is -1.96. The molecule has 0 saturated carbocycles. The molecule has 2 N–H and O–H groups in total. The van der Waals surface area contributed by atoms with Gasteiger partial charge in [-0.3, -0.25) is 4.40 Å². The Kier molecular flexibility index (Phi) is 1.94. The van der Waals surface area contributed by atoms with E-state index in [2.05, 4.69) is 10.2 Å². The van der Waals surface area contributed by atoms with Crippen molar-refractivity contribution in [2.24, 2.45) is 0 Å². The Morgan fingerprint density at radius 3 is 2.94 bits per heavy atom. The highest BCUT2D eigenvalue weighted by molar-refractivity contribution is 7.13. The van der Waals surface area contributed by atoms with Gasteiger partial charge in [0.15, 0.2) is 11.5 Å². The van der Waals surface area contributed by atoms with Crippen LogP contribution in [0, 0.1) is 6.92 Å². The summed E-state index contributed by atoms with van der Waals surface area (Å²) in [6, 6.07) is 6.00. The Morgan fingerprint density at radius 1 is 1.31 bits per heavy atom. The molecule has 0 spiro atoms. The summed E-state index contributed by atoms with van der Waals surface area (Å²) in [6.07, 6.45) is 1.95. The van der Waals surface area contributed by atoms with Crippen LogP contribution in [0.2, 0.25) is 0 Å². The van der Waals surface area contributed by atoms with Crippen molar-refractivity contribution in [1.82, 2.24) is 14.6 Å². The normalized spacial score (nSPS) is 11.1. The van der Waals surface area contributed by atoms with Crippen molar-refractivity contribution in [3.05, 3.63) is 35.3 Å². The van der Waals surface area contributed by atoms with Gasteiger partial charge in [-0.2, -0.15) is 0 Å². The Labute approximate surface area is 96.4 Å². The van der Waals surface area contributed by atoms with Crippen LogP contribution in [-0.2, 0) is 0 Å². The van der Waals surface area contributed by atoms with E-state index < -0.39 is 0 Å². The van der Waals surface area contributed by atoms with Crippen LogP contribution in [0.25, 0.3) is 16.3 Å². The first kappa shape index (κ1) is 9.35. The minimum absolute atomic E-state index is 0.692. The van der Waals surface area contributed by atoms with Crippen LogP contribution in [0.3, 0.4) is 0 Å². The van der Waals surface area contributed by atoms with Crippen molar-refractivity contribution in [1.29, 1.82) is 0 Å². The maximum Gasteiger partial charge on any atom is 0.184 e. The first-order valence-corrected chi connectivity index (χ1v) is 5.79.